The Bertz CT molecular complexity index is 789. The first-order valence-corrected chi connectivity index (χ1v) is 7.16. The second-order valence-corrected chi connectivity index (χ2v) is 5.12. The Morgan fingerprint density at radius 1 is 0.783 bits per heavy atom. The van der Waals surface area contributed by atoms with E-state index in [1.54, 1.807) is 42.5 Å². The second-order valence-electron chi connectivity index (χ2n) is 5.12. The molecule has 0 aromatic heterocycles. The van der Waals surface area contributed by atoms with Crippen molar-refractivity contribution in [2.45, 2.75) is 0 Å². The molecule has 116 valence electrons. The zero-order valence-corrected chi connectivity index (χ0v) is 12.4. The van der Waals surface area contributed by atoms with Crippen molar-refractivity contribution in [1.82, 2.24) is 0 Å². The minimum absolute atomic E-state index is 0.166. The molecule has 3 aromatic carbocycles. The molecule has 0 aliphatic carbocycles. The van der Waals surface area contributed by atoms with Gasteiger partial charge in [-0.3, -0.25) is 0 Å². The normalized spacial score (nSPS) is 11.9. The minimum Gasteiger partial charge on any atom is -0.623 e. The third-order valence-electron chi connectivity index (χ3n) is 3.42. The molecule has 0 saturated heterocycles. The van der Waals surface area contributed by atoms with Crippen LogP contribution in [0.2, 0.25) is 0 Å². The molecular weight excluding hydrogens is 290 g/mol. The molecule has 3 aromatic rings. The van der Waals surface area contributed by atoms with Crippen LogP contribution in [0.4, 0.5) is 22.7 Å². The van der Waals surface area contributed by atoms with Gasteiger partial charge in [0.05, 0.1) is 5.69 Å². The van der Waals surface area contributed by atoms with Crippen molar-refractivity contribution in [1.29, 1.82) is 0 Å². The van der Waals surface area contributed by atoms with Gasteiger partial charge in [-0.1, -0.05) is 18.2 Å². The Kier molecular flexibility index (Phi) is 4.14. The largest absolute Gasteiger partial charge is 0.623 e. The van der Waals surface area contributed by atoms with Gasteiger partial charge < -0.3 is 26.5 Å². The van der Waals surface area contributed by atoms with Crippen molar-refractivity contribution in [3.63, 3.8) is 0 Å². The molecule has 0 radical (unpaired) electrons. The highest BCUT2D eigenvalue weighted by atomic mass is 16.5. The van der Waals surface area contributed by atoms with Crippen LogP contribution in [0.5, 0.6) is 11.5 Å². The lowest BCUT2D eigenvalue weighted by molar-refractivity contribution is -0.697. The van der Waals surface area contributed by atoms with E-state index < -0.39 is 0 Å². The van der Waals surface area contributed by atoms with Crippen LogP contribution in [-0.4, -0.2) is 0 Å². The summed E-state index contributed by atoms with van der Waals surface area (Å²) in [6.45, 7) is 0. The molecule has 0 amide bonds. The van der Waals surface area contributed by atoms with Crippen LogP contribution in [0.15, 0.2) is 72.8 Å². The van der Waals surface area contributed by atoms with E-state index in [0.29, 0.717) is 28.5 Å². The maximum atomic E-state index is 12.5. The number of hydrogen-bond donors (Lipinski definition) is 3. The fourth-order valence-electron chi connectivity index (χ4n) is 2.23. The summed E-state index contributed by atoms with van der Waals surface area (Å²) in [6, 6.07) is 21.3. The summed E-state index contributed by atoms with van der Waals surface area (Å²) in [5, 5.41) is 12.3. The molecule has 0 spiro atoms. The standard InChI is InChI=1S/C18H17N3O2/c19-13-6-11-17(20)18(12-13)21(22)14-7-9-16(10-8-14)23-15-4-2-1-3-5-15/h1-12,21H,19-20H2. The summed E-state index contributed by atoms with van der Waals surface area (Å²) in [6.07, 6.45) is 0. The van der Waals surface area contributed by atoms with Crippen molar-refractivity contribution in [3.8, 4) is 11.5 Å². The number of nitrogens with two attached hydrogens (primary N) is 2. The summed E-state index contributed by atoms with van der Waals surface area (Å²) >= 11 is 0. The van der Waals surface area contributed by atoms with Crippen LogP contribution in [0, 0.1) is 5.21 Å². The molecule has 5 heteroatoms. The van der Waals surface area contributed by atoms with Crippen molar-refractivity contribution in [2.24, 2.45) is 0 Å². The summed E-state index contributed by atoms with van der Waals surface area (Å²) in [4.78, 5) is 0. The Morgan fingerprint density at radius 3 is 2.13 bits per heavy atom. The van der Waals surface area contributed by atoms with Crippen LogP contribution < -0.4 is 21.3 Å². The van der Waals surface area contributed by atoms with Crippen molar-refractivity contribution >= 4 is 22.7 Å². The third kappa shape index (κ3) is 3.42. The number of para-hydroxylation sites is 1. The van der Waals surface area contributed by atoms with Crippen LogP contribution in [0.25, 0.3) is 0 Å². The van der Waals surface area contributed by atoms with Gasteiger partial charge in [-0.15, -0.1) is 0 Å². The van der Waals surface area contributed by atoms with Crippen LogP contribution in [-0.2, 0) is 0 Å². The molecule has 1 unspecified atom stereocenters. The SMILES string of the molecule is Nc1ccc(N)c([NH+]([O-])c2ccc(Oc3ccccc3)cc2)c1. The van der Waals surface area contributed by atoms with E-state index in [1.165, 1.54) is 0 Å². The zero-order chi connectivity index (χ0) is 16.2. The first kappa shape index (κ1) is 14.9. The van der Waals surface area contributed by atoms with E-state index in [2.05, 4.69) is 0 Å². The molecule has 0 aliphatic rings. The maximum absolute atomic E-state index is 12.5. The quantitative estimate of drug-likeness (QED) is 0.510. The number of anilines is 2. The second kappa shape index (κ2) is 6.39. The topological polar surface area (TPSA) is 88.8 Å². The van der Waals surface area contributed by atoms with Gasteiger partial charge in [0.15, 0.2) is 5.69 Å². The molecule has 0 aliphatic heterocycles. The van der Waals surface area contributed by atoms with Crippen LogP contribution >= 0.6 is 0 Å². The Morgan fingerprint density at radius 2 is 1.43 bits per heavy atom. The first-order chi connectivity index (χ1) is 11.1. The van der Waals surface area contributed by atoms with E-state index in [4.69, 9.17) is 16.2 Å². The lowest BCUT2D eigenvalue weighted by atomic mass is 10.2. The monoisotopic (exact) mass is 307 g/mol. The Balaban J connectivity index is 1.80. The van der Waals surface area contributed by atoms with Crippen molar-refractivity contribution in [3.05, 3.63) is 78.0 Å². The molecule has 0 heterocycles. The summed E-state index contributed by atoms with van der Waals surface area (Å²) in [7, 11) is 0. The van der Waals surface area contributed by atoms with Crippen LogP contribution in [0.3, 0.4) is 0 Å². The van der Waals surface area contributed by atoms with Gasteiger partial charge in [0.1, 0.15) is 17.2 Å². The predicted octanol–water partition coefficient (Wildman–Crippen LogP) is 2.99. The molecule has 23 heavy (non-hydrogen) atoms. The molecule has 3 rings (SSSR count). The number of rotatable bonds is 4. The fourth-order valence-corrected chi connectivity index (χ4v) is 2.23. The first-order valence-electron chi connectivity index (χ1n) is 7.16. The summed E-state index contributed by atoms with van der Waals surface area (Å²) in [5.41, 5.74) is 13.4. The lowest BCUT2D eigenvalue weighted by Crippen LogP contribution is -2.96. The van der Waals surface area contributed by atoms with Gasteiger partial charge >= 0.3 is 0 Å². The zero-order valence-electron chi connectivity index (χ0n) is 12.4. The number of benzene rings is 3. The van der Waals surface area contributed by atoms with Gasteiger partial charge in [-0.25, -0.2) is 0 Å². The number of nitrogen functional groups attached to an aromatic ring is 2. The number of ether oxygens (including phenoxy) is 1. The highest BCUT2D eigenvalue weighted by molar-refractivity contribution is 5.65. The van der Waals surface area contributed by atoms with Gasteiger partial charge in [0, 0.05) is 23.9 Å². The number of hydrogen-bond acceptors (Lipinski definition) is 4. The molecule has 0 saturated carbocycles. The van der Waals surface area contributed by atoms with E-state index in [-0.39, 0.29) is 5.06 Å². The van der Waals surface area contributed by atoms with E-state index in [1.807, 2.05) is 30.3 Å². The molecule has 5 N–H and O–H groups in total. The lowest BCUT2D eigenvalue weighted by Gasteiger charge is -2.23. The predicted molar refractivity (Wildman–Crippen MR) is 91.9 cm³/mol. The van der Waals surface area contributed by atoms with E-state index >= 15 is 0 Å². The number of quaternary nitrogens is 1. The third-order valence-corrected chi connectivity index (χ3v) is 3.42. The van der Waals surface area contributed by atoms with Gasteiger partial charge in [-0.2, -0.15) is 0 Å². The molecule has 1 atom stereocenters. The maximum Gasteiger partial charge on any atom is 0.161 e. The number of nitrogens with one attached hydrogen (secondary N) is 1. The van der Waals surface area contributed by atoms with E-state index in [0.717, 1.165) is 5.75 Å². The van der Waals surface area contributed by atoms with E-state index in [9.17, 15) is 5.21 Å². The highest BCUT2D eigenvalue weighted by Gasteiger charge is 2.11. The Hall–Kier alpha value is -3.02. The summed E-state index contributed by atoms with van der Waals surface area (Å²) < 4.78 is 5.71. The van der Waals surface area contributed by atoms with Gasteiger partial charge in [0.2, 0.25) is 0 Å². The Labute approximate surface area is 134 Å². The molecule has 0 fully saturated rings. The highest BCUT2D eigenvalue weighted by Crippen LogP contribution is 2.23. The van der Waals surface area contributed by atoms with Crippen LogP contribution in [0.1, 0.15) is 0 Å². The van der Waals surface area contributed by atoms with Gasteiger partial charge in [-0.05, 0) is 36.4 Å². The average molecular weight is 307 g/mol. The minimum atomic E-state index is -0.166. The molecule has 0 bridgehead atoms. The smallest absolute Gasteiger partial charge is 0.161 e. The van der Waals surface area contributed by atoms with Gasteiger partial charge in [0.25, 0.3) is 0 Å². The average Bonchev–Trinajstić information content (AvgIpc) is 2.58. The van der Waals surface area contributed by atoms with Crippen molar-refractivity contribution < 1.29 is 9.80 Å². The molecule has 5 nitrogen and oxygen atoms in total. The summed E-state index contributed by atoms with van der Waals surface area (Å²) in [5.74, 6) is 1.40. The molecular formula is C18H17N3O2. The fraction of sp³-hybridized carbons (Fsp3) is 0. The van der Waals surface area contributed by atoms with Crippen molar-refractivity contribution in [2.75, 3.05) is 11.5 Å².